The molecule has 0 aliphatic carbocycles. The van der Waals surface area contributed by atoms with E-state index in [0.717, 1.165) is 0 Å². The molecule has 4 nitrogen and oxygen atoms in total. The quantitative estimate of drug-likeness (QED) is 0.283. The topological polar surface area (TPSA) is 47.9 Å². The van der Waals surface area contributed by atoms with Crippen LogP contribution in [0.5, 0.6) is 0 Å². The van der Waals surface area contributed by atoms with Crippen LogP contribution >= 0.6 is 0 Å². The molecule has 0 spiro atoms. The van der Waals surface area contributed by atoms with E-state index in [1.165, 1.54) is 0 Å². The Morgan fingerprint density at radius 1 is 1.27 bits per heavy atom. The van der Waals surface area contributed by atoms with Gasteiger partial charge in [0, 0.05) is 0 Å². The average molecular weight is 162 g/mol. The Morgan fingerprint density at radius 2 is 1.64 bits per heavy atom. The lowest BCUT2D eigenvalue weighted by Crippen LogP contribution is -1.94. The van der Waals surface area contributed by atoms with Gasteiger partial charge in [-0.3, -0.25) is 0 Å². The van der Waals surface area contributed by atoms with Crippen molar-refractivity contribution >= 4 is 0 Å². The highest BCUT2D eigenvalue weighted by molar-refractivity contribution is 4.81. The Bertz CT molecular complexity index is 82.9. The SMILES string of the molecule is C#CCO.CCOOOCC. The molecule has 0 aliphatic rings. The molecule has 0 aromatic rings. The van der Waals surface area contributed by atoms with Crippen molar-refractivity contribution < 1.29 is 19.9 Å². The molecule has 11 heavy (non-hydrogen) atoms. The van der Waals surface area contributed by atoms with Gasteiger partial charge in [-0.05, 0) is 13.8 Å². The van der Waals surface area contributed by atoms with Gasteiger partial charge in [-0.1, -0.05) is 11.0 Å². The summed E-state index contributed by atoms with van der Waals surface area (Å²) in [5.41, 5.74) is 0. The van der Waals surface area contributed by atoms with Gasteiger partial charge in [0.2, 0.25) is 0 Å². The largest absolute Gasteiger partial charge is 0.384 e. The number of aliphatic hydroxyl groups is 1. The summed E-state index contributed by atoms with van der Waals surface area (Å²) in [5.74, 6) is 1.99. The fourth-order valence-electron chi connectivity index (χ4n) is 0.130. The Labute approximate surface area is 66.9 Å². The molecule has 0 heterocycles. The molecule has 0 aromatic carbocycles. The van der Waals surface area contributed by atoms with Crippen molar-refractivity contribution in [2.75, 3.05) is 19.8 Å². The predicted octanol–water partition coefficient (Wildman–Crippen LogP) is 0.518. The lowest BCUT2D eigenvalue weighted by Gasteiger charge is -1.94. The van der Waals surface area contributed by atoms with E-state index in [4.69, 9.17) is 5.11 Å². The van der Waals surface area contributed by atoms with Crippen LogP contribution in [0.15, 0.2) is 0 Å². The van der Waals surface area contributed by atoms with Crippen molar-refractivity contribution in [1.29, 1.82) is 0 Å². The first-order valence-electron chi connectivity index (χ1n) is 3.28. The summed E-state index contributed by atoms with van der Waals surface area (Å²) in [7, 11) is 0. The minimum absolute atomic E-state index is 0.153. The van der Waals surface area contributed by atoms with Crippen LogP contribution in [0.2, 0.25) is 0 Å². The molecule has 0 fully saturated rings. The molecule has 0 bridgehead atoms. The lowest BCUT2D eigenvalue weighted by molar-refractivity contribution is -0.509. The Morgan fingerprint density at radius 3 is 1.82 bits per heavy atom. The minimum atomic E-state index is -0.153. The number of hydrogen-bond donors (Lipinski definition) is 1. The van der Waals surface area contributed by atoms with Crippen LogP contribution in [-0.2, 0) is 14.8 Å². The Balaban J connectivity index is 0. The van der Waals surface area contributed by atoms with E-state index in [2.05, 4.69) is 21.2 Å². The van der Waals surface area contributed by atoms with Crippen LogP contribution in [0, 0.1) is 12.3 Å². The van der Waals surface area contributed by atoms with Gasteiger partial charge in [0.05, 0.1) is 13.2 Å². The summed E-state index contributed by atoms with van der Waals surface area (Å²) in [6.07, 6.45) is 4.53. The maximum atomic E-state index is 7.64. The van der Waals surface area contributed by atoms with E-state index in [-0.39, 0.29) is 6.61 Å². The molecule has 0 aromatic heterocycles. The fraction of sp³-hybridized carbons (Fsp3) is 0.714. The highest BCUT2D eigenvalue weighted by Gasteiger charge is 1.77. The number of hydrogen-bond acceptors (Lipinski definition) is 4. The minimum Gasteiger partial charge on any atom is -0.384 e. The van der Waals surface area contributed by atoms with Crippen molar-refractivity contribution in [1.82, 2.24) is 0 Å². The summed E-state index contributed by atoms with van der Waals surface area (Å²) >= 11 is 0. The molecule has 0 amide bonds. The van der Waals surface area contributed by atoms with Crippen molar-refractivity contribution in [3.05, 3.63) is 0 Å². The maximum Gasteiger partial charge on any atom is 0.103 e. The smallest absolute Gasteiger partial charge is 0.103 e. The Hall–Kier alpha value is -0.600. The zero-order valence-corrected chi connectivity index (χ0v) is 6.87. The van der Waals surface area contributed by atoms with Crippen LogP contribution in [0.3, 0.4) is 0 Å². The van der Waals surface area contributed by atoms with Crippen molar-refractivity contribution in [2.45, 2.75) is 13.8 Å². The van der Waals surface area contributed by atoms with Crippen molar-refractivity contribution in [3.63, 3.8) is 0 Å². The third kappa shape index (κ3) is 26.6. The van der Waals surface area contributed by atoms with Gasteiger partial charge in [-0.25, -0.2) is 9.78 Å². The summed E-state index contributed by atoms with van der Waals surface area (Å²) in [6, 6.07) is 0. The molecule has 0 radical (unpaired) electrons. The summed E-state index contributed by atoms with van der Waals surface area (Å²) < 4.78 is 0. The standard InChI is InChI=1S/C4H10O3.C3H4O/c1-3-5-7-6-4-2;1-2-3-4/h3-4H2,1-2H3;1,4H,3H2. The number of terminal acetylenes is 1. The third-order valence-electron chi connectivity index (χ3n) is 0.423. The van der Waals surface area contributed by atoms with Gasteiger partial charge in [0.25, 0.3) is 0 Å². The third-order valence-corrected chi connectivity index (χ3v) is 0.423. The van der Waals surface area contributed by atoms with Crippen molar-refractivity contribution in [3.8, 4) is 12.3 Å². The van der Waals surface area contributed by atoms with Gasteiger partial charge < -0.3 is 5.11 Å². The normalized spacial score (nSPS) is 7.82. The molecule has 0 rings (SSSR count). The molecule has 0 saturated carbocycles. The zero-order valence-electron chi connectivity index (χ0n) is 6.87. The van der Waals surface area contributed by atoms with E-state index < -0.39 is 0 Å². The highest BCUT2D eigenvalue weighted by atomic mass is 17.5. The van der Waals surface area contributed by atoms with E-state index >= 15 is 0 Å². The fourth-order valence-corrected chi connectivity index (χ4v) is 0.130. The second kappa shape index (κ2) is 16.2. The first-order valence-corrected chi connectivity index (χ1v) is 3.28. The lowest BCUT2D eigenvalue weighted by atomic mass is 10.8. The second-order valence-electron chi connectivity index (χ2n) is 1.24. The van der Waals surface area contributed by atoms with E-state index in [9.17, 15) is 0 Å². The van der Waals surface area contributed by atoms with Crippen LogP contribution in [0.1, 0.15) is 13.8 Å². The van der Waals surface area contributed by atoms with Gasteiger partial charge in [-0.2, -0.15) is 0 Å². The van der Waals surface area contributed by atoms with Crippen molar-refractivity contribution in [2.24, 2.45) is 0 Å². The first kappa shape index (κ1) is 13.0. The highest BCUT2D eigenvalue weighted by Crippen LogP contribution is 1.77. The maximum absolute atomic E-state index is 7.64. The van der Waals surface area contributed by atoms with E-state index in [0.29, 0.717) is 13.2 Å². The molecule has 66 valence electrons. The molecular formula is C7H14O4. The molecule has 0 atom stereocenters. The summed E-state index contributed by atoms with van der Waals surface area (Å²) in [6.45, 7) is 4.51. The van der Waals surface area contributed by atoms with E-state index in [1.54, 1.807) is 0 Å². The number of aliphatic hydroxyl groups excluding tert-OH is 1. The average Bonchev–Trinajstić information content (AvgIpc) is 2.06. The molecule has 0 saturated heterocycles. The van der Waals surface area contributed by atoms with Crippen LogP contribution in [-0.4, -0.2) is 24.9 Å². The predicted molar refractivity (Wildman–Crippen MR) is 40.3 cm³/mol. The summed E-state index contributed by atoms with van der Waals surface area (Å²) in [4.78, 5) is 8.70. The van der Waals surface area contributed by atoms with E-state index in [1.807, 2.05) is 19.8 Å². The monoisotopic (exact) mass is 162 g/mol. The Kier molecular flexibility index (Phi) is 19.2. The molecule has 1 N–H and O–H groups in total. The van der Waals surface area contributed by atoms with Crippen LogP contribution in [0.25, 0.3) is 0 Å². The first-order chi connectivity index (χ1) is 5.33. The molecule has 0 unspecified atom stereocenters. The van der Waals surface area contributed by atoms with Crippen LogP contribution < -0.4 is 0 Å². The van der Waals surface area contributed by atoms with Gasteiger partial charge in [0.15, 0.2) is 0 Å². The van der Waals surface area contributed by atoms with Crippen LogP contribution in [0.4, 0.5) is 0 Å². The molecule has 0 aliphatic heterocycles. The van der Waals surface area contributed by atoms with Gasteiger partial charge >= 0.3 is 0 Å². The molecule has 4 heteroatoms. The number of rotatable bonds is 4. The molecular weight excluding hydrogens is 148 g/mol. The second-order valence-corrected chi connectivity index (χ2v) is 1.24. The zero-order chi connectivity index (χ0) is 8.95. The summed E-state index contributed by atoms with van der Waals surface area (Å²) in [5, 5.41) is 11.8. The van der Waals surface area contributed by atoms with Gasteiger partial charge in [0.1, 0.15) is 6.61 Å². The van der Waals surface area contributed by atoms with Gasteiger partial charge in [-0.15, -0.1) is 6.42 Å².